The van der Waals surface area contributed by atoms with Crippen LogP contribution in [-0.2, 0) is 6.61 Å². The first-order valence-corrected chi connectivity index (χ1v) is 5.33. The molecule has 0 saturated carbocycles. The van der Waals surface area contributed by atoms with Crippen LogP contribution in [0.4, 0.5) is 0 Å². The van der Waals surface area contributed by atoms with Gasteiger partial charge in [-0.25, -0.2) is 4.98 Å². The number of aliphatic hydroxyl groups is 1. The summed E-state index contributed by atoms with van der Waals surface area (Å²) in [5.74, 6) is 0.324. The molecule has 1 aromatic heterocycles. The molecule has 0 unspecified atom stereocenters. The van der Waals surface area contributed by atoms with E-state index in [-0.39, 0.29) is 6.61 Å². The van der Waals surface area contributed by atoms with Crippen LogP contribution in [0.15, 0.2) is 42.6 Å². The van der Waals surface area contributed by atoms with Crippen molar-refractivity contribution in [2.75, 3.05) is 0 Å². The fraction of sp³-hybridized carbons (Fsp3) is 0.0769. The number of aliphatic hydroxyl groups excluding tert-OH is 1. The van der Waals surface area contributed by atoms with Crippen LogP contribution in [-0.4, -0.2) is 16.0 Å². The summed E-state index contributed by atoms with van der Waals surface area (Å²) in [6.07, 6.45) is 1.35. The van der Waals surface area contributed by atoms with Crippen molar-refractivity contribution in [1.82, 2.24) is 4.98 Å². The third kappa shape index (κ3) is 2.64. The Morgan fingerprint density at radius 2 is 2.06 bits per heavy atom. The van der Waals surface area contributed by atoms with Gasteiger partial charge in [0, 0.05) is 17.8 Å². The maximum Gasteiger partial charge on any atom is 0.250 e. The standard InChI is InChI=1S/C13H12N2O3/c14-13(17)9-5-6-12(15-7-9)18-11-4-2-1-3-10(11)8-16/h1-7,16H,8H2,(H2,14,17). The van der Waals surface area contributed by atoms with Gasteiger partial charge in [0.2, 0.25) is 11.8 Å². The van der Waals surface area contributed by atoms with E-state index < -0.39 is 5.91 Å². The normalized spacial score (nSPS) is 10.1. The third-order valence-corrected chi connectivity index (χ3v) is 2.38. The lowest BCUT2D eigenvalue weighted by Crippen LogP contribution is -2.10. The largest absolute Gasteiger partial charge is 0.439 e. The molecule has 1 amide bonds. The van der Waals surface area contributed by atoms with Crippen LogP contribution in [0, 0.1) is 0 Å². The smallest absolute Gasteiger partial charge is 0.250 e. The maximum atomic E-state index is 10.9. The number of primary amides is 1. The van der Waals surface area contributed by atoms with Gasteiger partial charge in [0.25, 0.3) is 0 Å². The molecule has 0 aliphatic rings. The predicted octanol–water partition coefficient (Wildman–Crippen LogP) is 1.47. The summed E-state index contributed by atoms with van der Waals surface area (Å²) in [5, 5.41) is 9.15. The second kappa shape index (κ2) is 5.29. The number of carbonyl (C=O) groups excluding carboxylic acids is 1. The Morgan fingerprint density at radius 1 is 1.28 bits per heavy atom. The van der Waals surface area contributed by atoms with E-state index in [4.69, 9.17) is 15.6 Å². The molecule has 0 atom stereocenters. The Labute approximate surface area is 104 Å². The van der Waals surface area contributed by atoms with Crippen molar-refractivity contribution in [3.63, 3.8) is 0 Å². The van der Waals surface area contributed by atoms with Crippen molar-refractivity contribution in [1.29, 1.82) is 0 Å². The zero-order chi connectivity index (χ0) is 13.0. The SMILES string of the molecule is NC(=O)c1ccc(Oc2ccccc2CO)nc1. The van der Waals surface area contributed by atoms with Crippen molar-refractivity contribution in [2.24, 2.45) is 5.73 Å². The lowest BCUT2D eigenvalue weighted by Gasteiger charge is -2.08. The second-order valence-electron chi connectivity index (χ2n) is 3.62. The molecule has 0 aliphatic carbocycles. The van der Waals surface area contributed by atoms with Crippen molar-refractivity contribution >= 4 is 5.91 Å². The lowest BCUT2D eigenvalue weighted by atomic mass is 10.2. The molecule has 5 heteroatoms. The van der Waals surface area contributed by atoms with Gasteiger partial charge in [-0.1, -0.05) is 18.2 Å². The molecule has 3 N–H and O–H groups in total. The fourth-order valence-electron chi connectivity index (χ4n) is 1.43. The number of nitrogens with zero attached hydrogens (tertiary/aromatic N) is 1. The van der Waals surface area contributed by atoms with Crippen LogP contribution in [0.3, 0.4) is 0 Å². The summed E-state index contributed by atoms with van der Waals surface area (Å²) in [6, 6.07) is 10.2. The van der Waals surface area contributed by atoms with Crippen LogP contribution in [0.25, 0.3) is 0 Å². The van der Waals surface area contributed by atoms with Crippen LogP contribution >= 0.6 is 0 Å². The molecule has 92 valence electrons. The first-order valence-electron chi connectivity index (χ1n) is 5.33. The molecule has 18 heavy (non-hydrogen) atoms. The van der Waals surface area contributed by atoms with Gasteiger partial charge in [-0.2, -0.15) is 0 Å². The summed E-state index contributed by atoms with van der Waals surface area (Å²) in [6.45, 7) is -0.116. The zero-order valence-electron chi connectivity index (χ0n) is 9.54. The number of pyridine rings is 1. The molecular formula is C13H12N2O3. The van der Waals surface area contributed by atoms with Gasteiger partial charge in [-0.3, -0.25) is 4.79 Å². The predicted molar refractivity (Wildman–Crippen MR) is 65.2 cm³/mol. The number of hydrogen-bond donors (Lipinski definition) is 2. The number of ether oxygens (including phenoxy) is 1. The number of nitrogens with two attached hydrogens (primary N) is 1. The third-order valence-electron chi connectivity index (χ3n) is 2.38. The van der Waals surface area contributed by atoms with E-state index in [0.717, 1.165) is 0 Å². The van der Waals surface area contributed by atoms with Gasteiger partial charge in [0.15, 0.2) is 0 Å². The minimum absolute atomic E-state index is 0.116. The highest BCUT2D eigenvalue weighted by Crippen LogP contribution is 2.23. The maximum absolute atomic E-state index is 10.9. The monoisotopic (exact) mass is 244 g/mol. The Hall–Kier alpha value is -2.40. The van der Waals surface area contributed by atoms with Gasteiger partial charge in [-0.05, 0) is 12.1 Å². The average Bonchev–Trinajstić information content (AvgIpc) is 2.40. The minimum Gasteiger partial charge on any atom is -0.439 e. The Balaban J connectivity index is 2.21. The second-order valence-corrected chi connectivity index (χ2v) is 3.62. The highest BCUT2D eigenvalue weighted by Gasteiger charge is 2.05. The molecule has 0 spiro atoms. The Kier molecular flexibility index (Phi) is 3.54. The highest BCUT2D eigenvalue weighted by atomic mass is 16.5. The van der Waals surface area contributed by atoms with E-state index in [9.17, 15) is 4.79 Å². The van der Waals surface area contributed by atoms with Crippen LogP contribution in [0.2, 0.25) is 0 Å². The zero-order valence-corrected chi connectivity index (χ0v) is 9.54. The summed E-state index contributed by atoms with van der Waals surface area (Å²) in [4.78, 5) is 14.8. The number of amides is 1. The number of rotatable bonds is 4. The molecule has 0 saturated heterocycles. The van der Waals surface area contributed by atoms with Crippen LogP contribution < -0.4 is 10.5 Å². The number of aromatic nitrogens is 1. The Bertz CT molecular complexity index is 552. The van der Waals surface area contributed by atoms with E-state index in [0.29, 0.717) is 22.8 Å². The number of hydrogen-bond acceptors (Lipinski definition) is 4. The van der Waals surface area contributed by atoms with Gasteiger partial charge in [0.1, 0.15) is 5.75 Å². The lowest BCUT2D eigenvalue weighted by molar-refractivity contribution is 0.1000. The summed E-state index contributed by atoms with van der Waals surface area (Å²) in [5.41, 5.74) is 6.09. The topological polar surface area (TPSA) is 85.4 Å². The molecule has 2 aromatic rings. The van der Waals surface area contributed by atoms with Crippen LogP contribution in [0.5, 0.6) is 11.6 Å². The molecule has 0 fully saturated rings. The summed E-state index contributed by atoms with van der Waals surface area (Å²) < 4.78 is 5.51. The highest BCUT2D eigenvalue weighted by molar-refractivity contribution is 5.92. The first-order chi connectivity index (χ1) is 8.70. The molecule has 2 rings (SSSR count). The van der Waals surface area contributed by atoms with Crippen molar-refractivity contribution in [2.45, 2.75) is 6.61 Å². The van der Waals surface area contributed by atoms with Gasteiger partial charge in [-0.15, -0.1) is 0 Å². The van der Waals surface area contributed by atoms with E-state index in [1.54, 1.807) is 24.3 Å². The molecule has 1 heterocycles. The Morgan fingerprint density at radius 3 is 2.67 bits per heavy atom. The molecule has 0 bridgehead atoms. The van der Waals surface area contributed by atoms with Crippen molar-refractivity contribution in [3.05, 3.63) is 53.7 Å². The molecule has 0 aliphatic heterocycles. The van der Waals surface area contributed by atoms with Crippen molar-refractivity contribution in [3.8, 4) is 11.6 Å². The van der Waals surface area contributed by atoms with E-state index in [1.165, 1.54) is 12.3 Å². The number of para-hydroxylation sites is 1. The van der Waals surface area contributed by atoms with Crippen molar-refractivity contribution < 1.29 is 14.6 Å². The van der Waals surface area contributed by atoms with E-state index >= 15 is 0 Å². The van der Waals surface area contributed by atoms with E-state index in [2.05, 4.69) is 4.98 Å². The molecule has 1 aromatic carbocycles. The van der Waals surface area contributed by atoms with Gasteiger partial charge in [0.05, 0.1) is 12.2 Å². The average molecular weight is 244 g/mol. The fourth-order valence-corrected chi connectivity index (χ4v) is 1.43. The van der Waals surface area contributed by atoms with Gasteiger partial charge >= 0.3 is 0 Å². The summed E-state index contributed by atoms with van der Waals surface area (Å²) in [7, 11) is 0. The molecule has 5 nitrogen and oxygen atoms in total. The minimum atomic E-state index is -0.537. The van der Waals surface area contributed by atoms with Crippen LogP contribution in [0.1, 0.15) is 15.9 Å². The van der Waals surface area contributed by atoms with E-state index in [1.807, 2.05) is 6.07 Å². The molecule has 0 radical (unpaired) electrons. The quantitative estimate of drug-likeness (QED) is 0.852. The summed E-state index contributed by atoms with van der Waals surface area (Å²) >= 11 is 0. The molecular weight excluding hydrogens is 232 g/mol. The number of carbonyl (C=O) groups is 1. The first kappa shape index (κ1) is 12.1. The van der Waals surface area contributed by atoms with Gasteiger partial charge < -0.3 is 15.6 Å². The number of benzene rings is 1.